The second kappa shape index (κ2) is 14.6. The molecule has 0 heterocycles. The Balaban J connectivity index is 0.000000218. The van der Waals surface area contributed by atoms with E-state index in [0.717, 1.165) is 11.1 Å². The van der Waals surface area contributed by atoms with Gasteiger partial charge in [0.1, 0.15) is 23.0 Å². The number of aromatic carboxylic acids is 4. The summed E-state index contributed by atoms with van der Waals surface area (Å²) in [5, 5.41) is 35.6. The Morgan fingerprint density at radius 1 is 0.383 bits per heavy atom. The van der Waals surface area contributed by atoms with Gasteiger partial charge in [-0.3, -0.25) is 0 Å². The van der Waals surface area contributed by atoms with E-state index in [2.05, 4.69) is 0 Å². The van der Waals surface area contributed by atoms with Crippen LogP contribution in [0.15, 0.2) is 121 Å². The van der Waals surface area contributed by atoms with Crippen LogP contribution in [0, 0.1) is 0 Å². The molecule has 5 aromatic rings. The lowest BCUT2D eigenvalue weighted by molar-refractivity contribution is 0.0686. The highest BCUT2D eigenvalue weighted by Gasteiger charge is 2.23. The Bertz CT molecular complexity index is 1720. The molecular weight excluding hydrogens is 604 g/mol. The van der Waals surface area contributed by atoms with E-state index >= 15 is 0 Å². The van der Waals surface area contributed by atoms with Crippen molar-refractivity contribution in [3.8, 4) is 23.0 Å². The molecule has 0 aliphatic heterocycles. The normalized spacial score (nSPS) is 10.6. The van der Waals surface area contributed by atoms with Crippen molar-refractivity contribution in [2.45, 2.75) is 19.3 Å². The van der Waals surface area contributed by atoms with Crippen LogP contribution < -0.4 is 9.47 Å². The van der Waals surface area contributed by atoms with E-state index in [4.69, 9.17) is 29.9 Å². The van der Waals surface area contributed by atoms with Gasteiger partial charge >= 0.3 is 23.9 Å². The first-order chi connectivity index (χ1) is 22.3. The van der Waals surface area contributed by atoms with E-state index in [1.807, 2.05) is 13.8 Å². The smallest absolute Gasteiger partial charge is 0.335 e. The minimum Gasteiger partial charge on any atom is -0.478 e. The Hall–Kier alpha value is -6.42. The fraction of sp³-hybridized carbons (Fsp3) is 0.0811. The third-order valence-electron chi connectivity index (χ3n) is 7.20. The van der Waals surface area contributed by atoms with Crippen LogP contribution in [-0.2, 0) is 5.41 Å². The molecule has 10 nitrogen and oxygen atoms in total. The van der Waals surface area contributed by atoms with Crippen LogP contribution in [0.2, 0.25) is 0 Å². The summed E-state index contributed by atoms with van der Waals surface area (Å²) >= 11 is 0. The van der Waals surface area contributed by atoms with E-state index in [1.165, 1.54) is 24.3 Å². The first kappa shape index (κ1) is 33.5. The van der Waals surface area contributed by atoms with Crippen LogP contribution in [0.3, 0.4) is 0 Å². The second-order valence-electron chi connectivity index (χ2n) is 10.7. The maximum atomic E-state index is 10.9. The van der Waals surface area contributed by atoms with Gasteiger partial charge in [0.2, 0.25) is 0 Å². The van der Waals surface area contributed by atoms with E-state index in [0.29, 0.717) is 23.0 Å². The minimum atomic E-state index is -0.991. The maximum Gasteiger partial charge on any atom is 0.335 e. The monoisotopic (exact) mass is 634 g/mol. The van der Waals surface area contributed by atoms with Crippen molar-refractivity contribution >= 4 is 23.9 Å². The molecule has 0 atom stereocenters. The number of rotatable bonds is 10. The predicted molar refractivity (Wildman–Crippen MR) is 172 cm³/mol. The SMILES string of the molecule is CC(C)(c1ccc(C(=O)O)cc1)c1ccc(C(=O)O)cc1.O=C(O)c1ccc(Oc2ccc(Oc3ccc(C(=O)O)cc3)cc2)cc1. The summed E-state index contributed by atoms with van der Waals surface area (Å²) in [5.41, 5.74) is 2.47. The lowest BCUT2D eigenvalue weighted by Crippen LogP contribution is -2.19. The molecule has 5 rings (SSSR count). The largest absolute Gasteiger partial charge is 0.478 e. The van der Waals surface area contributed by atoms with Crippen LogP contribution in [0.1, 0.15) is 66.4 Å². The number of hydrogen-bond acceptors (Lipinski definition) is 6. The Morgan fingerprint density at radius 3 is 0.787 bits per heavy atom. The molecular formula is C37H30O10. The molecule has 0 bridgehead atoms. The number of hydrogen-bond donors (Lipinski definition) is 4. The van der Waals surface area contributed by atoms with Gasteiger partial charge in [-0.2, -0.15) is 0 Å². The highest BCUT2D eigenvalue weighted by atomic mass is 16.5. The Morgan fingerprint density at radius 2 is 0.574 bits per heavy atom. The fourth-order valence-corrected chi connectivity index (χ4v) is 4.40. The van der Waals surface area contributed by atoms with Gasteiger partial charge in [-0.15, -0.1) is 0 Å². The molecule has 0 saturated heterocycles. The first-order valence-electron chi connectivity index (χ1n) is 14.1. The summed E-state index contributed by atoms with van der Waals surface area (Å²) in [7, 11) is 0. The van der Waals surface area contributed by atoms with E-state index in [1.54, 1.807) is 97.1 Å². The van der Waals surface area contributed by atoms with Crippen molar-refractivity contribution in [2.24, 2.45) is 0 Å². The number of carbonyl (C=O) groups is 4. The van der Waals surface area contributed by atoms with Crippen molar-refractivity contribution < 1.29 is 49.1 Å². The lowest BCUT2D eigenvalue weighted by Gasteiger charge is -2.26. The van der Waals surface area contributed by atoms with E-state index in [-0.39, 0.29) is 27.7 Å². The van der Waals surface area contributed by atoms with Crippen LogP contribution in [0.25, 0.3) is 0 Å². The standard InChI is InChI=1S/C20H14O6.C17H16O4/c21-19(22)13-1-5-15(6-2-13)25-17-9-11-18(12-10-17)26-16-7-3-14(4-8-16)20(23)24;1-17(2,13-7-3-11(4-8-13)15(18)19)14-9-5-12(6-10-14)16(20)21/h1-12H,(H,21,22)(H,23,24);3-10H,1-2H3,(H,18,19)(H,20,21). The molecule has 0 unspecified atom stereocenters. The summed E-state index contributed by atoms with van der Waals surface area (Å²) in [4.78, 5) is 43.4. The molecule has 47 heavy (non-hydrogen) atoms. The van der Waals surface area contributed by atoms with Gasteiger partial charge in [0, 0.05) is 5.41 Å². The summed E-state index contributed by atoms with van der Waals surface area (Å²) in [5.74, 6) is -1.71. The van der Waals surface area contributed by atoms with Gasteiger partial charge in [-0.05, 0) is 108 Å². The van der Waals surface area contributed by atoms with Crippen molar-refractivity contribution in [3.63, 3.8) is 0 Å². The van der Waals surface area contributed by atoms with Crippen LogP contribution in [0.4, 0.5) is 0 Å². The van der Waals surface area contributed by atoms with E-state index < -0.39 is 23.9 Å². The van der Waals surface area contributed by atoms with Crippen LogP contribution in [-0.4, -0.2) is 44.3 Å². The van der Waals surface area contributed by atoms with Gasteiger partial charge in [-0.1, -0.05) is 38.1 Å². The zero-order valence-corrected chi connectivity index (χ0v) is 25.3. The lowest BCUT2D eigenvalue weighted by atomic mass is 9.78. The first-order valence-corrected chi connectivity index (χ1v) is 14.1. The third-order valence-corrected chi connectivity index (χ3v) is 7.20. The number of carboxylic acid groups (broad SMARTS) is 4. The fourth-order valence-electron chi connectivity index (χ4n) is 4.40. The van der Waals surface area contributed by atoms with Gasteiger partial charge in [-0.25, -0.2) is 19.2 Å². The minimum absolute atomic E-state index is 0.190. The summed E-state index contributed by atoms with van der Waals surface area (Å²) < 4.78 is 11.3. The molecule has 0 saturated carbocycles. The van der Waals surface area contributed by atoms with Crippen molar-refractivity contribution in [1.29, 1.82) is 0 Å². The van der Waals surface area contributed by atoms with Crippen molar-refractivity contribution in [3.05, 3.63) is 155 Å². The number of carboxylic acids is 4. The highest BCUT2D eigenvalue weighted by molar-refractivity contribution is 5.89. The molecule has 10 heteroatoms. The number of ether oxygens (including phenoxy) is 2. The summed E-state index contributed by atoms with van der Waals surface area (Å²) in [6, 6.07) is 32.5. The summed E-state index contributed by atoms with van der Waals surface area (Å²) in [6.45, 7) is 4.02. The van der Waals surface area contributed by atoms with Gasteiger partial charge in [0.15, 0.2) is 0 Å². The molecule has 238 valence electrons. The number of benzene rings is 5. The van der Waals surface area contributed by atoms with Crippen LogP contribution in [0.5, 0.6) is 23.0 Å². The summed E-state index contributed by atoms with van der Waals surface area (Å²) in [6.07, 6.45) is 0. The molecule has 0 spiro atoms. The molecule has 0 aliphatic carbocycles. The highest BCUT2D eigenvalue weighted by Crippen LogP contribution is 2.32. The molecule has 5 aromatic carbocycles. The maximum absolute atomic E-state index is 10.9. The average molecular weight is 635 g/mol. The van der Waals surface area contributed by atoms with Gasteiger partial charge in [0.25, 0.3) is 0 Å². The molecule has 0 fully saturated rings. The molecule has 4 N–H and O–H groups in total. The third kappa shape index (κ3) is 8.83. The predicted octanol–water partition coefficient (Wildman–Crippen LogP) is 8.08. The van der Waals surface area contributed by atoms with Crippen molar-refractivity contribution in [1.82, 2.24) is 0 Å². The molecule has 0 aliphatic rings. The zero-order valence-electron chi connectivity index (χ0n) is 25.3. The quantitative estimate of drug-likeness (QED) is 0.118. The second-order valence-corrected chi connectivity index (χ2v) is 10.7. The van der Waals surface area contributed by atoms with Gasteiger partial charge in [0.05, 0.1) is 22.3 Å². The average Bonchev–Trinajstić information content (AvgIpc) is 3.06. The van der Waals surface area contributed by atoms with Crippen LogP contribution >= 0.6 is 0 Å². The Kier molecular flexibility index (Phi) is 10.4. The Labute approximate surface area is 269 Å². The van der Waals surface area contributed by atoms with Crippen molar-refractivity contribution in [2.75, 3.05) is 0 Å². The molecule has 0 aromatic heterocycles. The molecule has 0 amide bonds. The zero-order chi connectivity index (χ0) is 34.1. The molecule has 0 radical (unpaired) electrons. The topological polar surface area (TPSA) is 168 Å². The van der Waals surface area contributed by atoms with Gasteiger partial charge < -0.3 is 29.9 Å². The van der Waals surface area contributed by atoms with E-state index in [9.17, 15) is 19.2 Å².